The summed E-state index contributed by atoms with van der Waals surface area (Å²) < 4.78 is 22.7. The normalized spacial score (nSPS) is 11.2. The summed E-state index contributed by atoms with van der Waals surface area (Å²) in [5, 5.41) is 3.29. The van der Waals surface area contributed by atoms with Gasteiger partial charge < -0.3 is 14.6 Å². The van der Waals surface area contributed by atoms with Crippen molar-refractivity contribution in [1.82, 2.24) is 13.7 Å². The summed E-state index contributed by atoms with van der Waals surface area (Å²) in [6, 6.07) is 17.6. The first kappa shape index (κ1) is 23.1. The quantitative estimate of drug-likeness (QED) is 0.410. The third-order valence-corrected chi connectivity index (χ3v) is 6.20. The van der Waals surface area contributed by atoms with Crippen LogP contribution < -0.4 is 21.3 Å². The number of ether oxygens (including phenoxy) is 1. The maximum absolute atomic E-state index is 13.8. The number of amides is 1. The number of fused-ring (bicyclic) bond motifs is 3. The highest BCUT2D eigenvalue weighted by molar-refractivity contribution is 6.07. The average molecular weight is 487 g/mol. The predicted octanol–water partition coefficient (Wildman–Crippen LogP) is 3.74. The Morgan fingerprint density at radius 3 is 2.33 bits per heavy atom. The molecular formula is C27H23FN4O4. The van der Waals surface area contributed by atoms with E-state index >= 15 is 0 Å². The molecule has 2 aromatic heterocycles. The number of benzene rings is 3. The molecule has 0 fully saturated rings. The zero-order chi connectivity index (χ0) is 25.6. The number of hydrogen-bond donors (Lipinski definition) is 1. The highest BCUT2D eigenvalue weighted by Crippen LogP contribution is 2.29. The summed E-state index contributed by atoms with van der Waals surface area (Å²) in [5.41, 5.74) is 1.92. The van der Waals surface area contributed by atoms with E-state index in [9.17, 15) is 18.8 Å². The van der Waals surface area contributed by atoms with Crippen molar-refractivity contribution in [3.63, 3.8) is 0 Å². The number of rotatable bonds is 5. The van der Waals surface area contributed by atoms with Gasteiger partial charge in [-0.25, -0.2) is 13.8 Å². The molecule has 0 unspecified atom stereocenters. The molecule has 1 N–H and O–H groups in total. The first-order chi connectivity index (χ1) is 17.3. The summed E-state index contributed by atoms with van der Waals surface area (Å²) in [7, 11) is 3.27. The molecule has 0 saturated carbocycles. The van der Waals surface area contributed by atoms with Crippen molar-refractivity contribution >= 4 is 33.5 Å². The third kappa shape index (κ3) is 3.84. The Hall–Kier alpha value is -4.66. The molecule has 0 aliphatic carbocycles. The number of nitrogens with one attached hydrogen (secondary N) is 1. The van der Waals surface area contributed by atoms with Gasteiger partial charge in [0.15, 0.2) is 0 Å². The largest absolute Gasteiger partial charge is 0.497 e. The molecule has 2 heterocycles. The van der Waals surface area contributed by atoms with Crippen molar-refractivity contribution in [2.45, 2.75) is 13.5 Å². The number of nitrogens with zero attached hydrogens (tertiary/aromatic N) is 3. The molecule has 5 rings (SSSR count). The van der Waals surface area contributed by atoms with Gasteiger partial charge in [0.25, 0.3) is 5.56 Å². The zero-order valence-corrected chi connectivity index (χ0v) is 19.9. The second-order valence-corrected chi connectivity index (χ2v) is 8.54. The van der Waals surface area contributed by atoms with Crippen LogP contribution in [-0.4, -0.2) is 26.7 Å². The molecule has 0 aliphatic rings. The molecule has 182 valence electrons. The van der Waals surface area contributed by atoms with Gasteiger partial charge in [0.05, 0.1) is 23.8 Å². The summed E-state index contributed by atoms with van der Waals surface area (Å²) in [6.07, 6.45) is 0. The first-order valence-corrected chi connectivity index (χ1v) is 11.2. The van der Waals surface area contributed by atoms with E-state index < -0.39 is 23.0 Å². The average Bonchev–Trinajstić information content (AvgIpc) is 3.16. The second-order valence-electron chi connectivity index (χ2n) is 8.54. The van der Waals surface area contributed by atoms with Crippen LogP contribution in [0.15, 0.2) is 76.3 Å². The fourth-order valence-electron chi connectivity index (χ4n) is 4.40. The Morgan fingerprint density at radius 1 is 0.972 bits per heavy atom. The standard InChI is InChI=1S/C27H23FN4O4/c1-16-4-10-19(11-5-16)32-26(34)25-24(21-14-20(36-3)12-13-22(21)30(25)2)31(27(32)35)15-23(33)29-18-8-6-17(28)7-9-18/h4-14H,15H2,1-3H3,(H,29,33). The van der Waals surface area contributed by atoms with Crippen LogP contribution in [0.25, 0.3) is 27.6 Å². The molecule has 5 aromatic rings. The lowest BCUT2D eigenvalue weighted by molar-refractivity contribution is -0.116. The Morgan fingerprint density at radius 2 is 1.67 bits per heavy atom. The maximum Gasteiger partial charge on any atom is 0.336 e. The van der Waals surface area contributed by atoms with Crippen LogP contribution in [0.5, 0.6) is 5.75 Å². The van der Waals surface area contributed by atoms with E-state index in [4.69, 9.17) is 4.74 Å². The van der Waals surface area contributed by atoms with Gasteiger partial charge in [-0.2, -0.15) is 0 Å². The van der Waals surface area contributed by atoms with Crippen LogP contribution in [0.2, 0.25) is 0 Å². The maximum atomic E-state index is 13.8. The Bertz CT molecular complexity index is 1750. The molecule has 0 atom stereocenters. The number of hydrogen-bond acceptors (Lipinski definition) is 4. The smallest absolute Gasteiger partial charge is 0.336 e. The third-order valence-electron chi connectivity index (χ3n) is 6.20. The molecule has 0 saturated heterocycles. The zero-order valence-electron chi connectivity index (χ0n) is 19.9. The minimum atomic E-state index is -0.652. The minimum Gasteiger partial charge on any atom is -0.497 e. The topological polar surface area (TPSA) is 87.3 Å². The van der Waals surface area contributed by atoms with Gasteiger partial charge in [-0.1, -0.05) is 17.7 Å². The fraction of sp³-hybridized carbons (Fsp3) is 0.148. The van der Waals surface area contributed by atoms with E-state index in [0.29, 0.717) is 33.5 Å². The monoisotopic (exact) mass is 486 g/mol. The molecule has 36 heavy (non-hydrogen) atoms. The van der Waals surface area contributed by atoms with Gasteiger partial charge in [0.1, 0.15) is 23.6 Å². The molecule has 9 heteroatoms. The summed E-state index contributed by atoms with van der Waals surface area (Å²) in [6.45, 7) is 1.54. The van der Waals surface area contributed by atoms with Crippen molar-refractivity contribution in [1.29, 1.82) is 0 Å². The number of halogens is 1. The van der Waals surface area contributed by atoms with Gasteiger partial charge in [-0.05, 0) is 61.5 Å². The predicted molar refractivity (Wildman–Crippen MR) is 137 cm³/mol. The minimum absolute atomic E-state index is 0.271. The van der Waals surface area contributed by atoms with Crippen molar-refractivity contribution < 1.29 is 13.9 Å². The molecule has 8 nitrogen and oxygen atoms in total. The molecule has 0 bridgehead atoms. The number of anilines is 1. The first-order valence-electron chi connectivity index (χ1n) is 11.2. The van der Waals surface area contributed by atoms with Gasteiger partial charge in [0.2, 0.25) is 5.91 Å². The van der Waals surface area contributed by atoms with Crippen LogP contribution in [0, 0.1) is 12.7 Å². The summed E-state index contributed by atoms with van der Waals surface area (Å²) in [5.74, 6) is -0.382. The molecule has 3 aromatic carbocycles. The van der Waals surface area contributed by atoms with E-state index in [2.05, 4.69) is 5.32 Å². The van der Waals surface area contributed by atoms with Crippen molar-refractivity contribution in [3.8, 4) is 11.4 Å². The molecule has 1 amide bonds. The highest BCUT2D eigenvalue weighted by atomic mass is 19.1. The lowest BCUT2D eigenvalue weighted by Crippen LogP contribution is -2.41. The summed E-state index contributed by atoms with van der Waals surface area (Å²) in [4.78, 5) is 40.5. The van der Waals surface area contributed by atoms with Gasteiger partial charge in [-0.3, -0.25) is 14.2 Å². The van der Waals surface area contributed by atoms with Crippen molar-refractivity contribution in [2.75, 3.05) is 12.4 Å². The van der Waals surface area contributed by atoms with E-state index in [1.165, 1.54) is 35.9 Å². The Kier molecular flexibility index (Phi) is 5.68. The summed E-state index contributed by atoms with van der Waals surface area (Å²) >= 11 is 0. The number of carbonyl (C=O) groups is 1. The molecule has 0 aliphatic heterocycles. The Labute approximate surface area is 204 Å². The van der Waals surface area contributed by atoms with E-state index in [1.54, 1.807) is 41.9 Å². The van der Waals surface area contributed by atoms with E-state index in [0.717, 1.165) is 10.1 Å². The van der Waals surface area contributed by atoms with Gasteiger partial charge in [0, 0.05) is 18.1 Å². The van der Waals surface area contributed by atoms with Crippen LogP contribution in [0.3, 0.4) is 0 Å². The van der Waals surface area contributed by atoms with E-state index in [1.807, 2.05) is 19.1 Å². The van der Waals surface area contributed by atoms with Crippen molar-refractivity contribution in [3.05, 3.63) is 98.9 Å². The number of carbonyl (C=O) groups excluding carboxylic acids is 1. The number of aromatic nitrogens is 3. The van der Waals surface area contributed by atoms with Gasteiger partial charge in [-0.15, -0.1) is 0 Å². The van der Waals surface area contributed by atoms with Crippen LogP contribution >= 0.6 is 0 Å². The number of aryl methyl sites for hydroxylation is 2. The molecule has 0 spiro atoms. The van der Waals surface area contributed by atoms with Crippen LogP contribution in [-0.2, 0) is 18.4 Å². The second kappa shape index (κ2) is 8.84. The van der Waals surface area contributed by atoms with Crippen LogP contribution in [0.1, 0.15) is 5.56 Å². The SMILES string of the molecule is COc1ccc2c(c1)c1c(c(=O)n(-c3ccc(C)cc3)c(=O)n1CC(=O)Nc1ccc(F)cc1)n2C. The van der Waals surface area contributed by atoms with Crippen LogP contribution in [0.4, 0.5) is 10.1 Å². The molecule has 0 radical (unpaired) electrons. The molecular weight excluding hydrogens is 463 g/mol. The van der Waals surface area contributed by atoms with Gasteiger partial charge >= 0.3 is 5.69 Å². The Balaban J connectivity index is 1.77. The van der Waals surface area contributed by atoms with E-state index in [-0.39, 0.29) is 12.1 Å². The fourth-order valence-corrected chi connectivity index (χ4v) is 4.40. The highest BCUT2D eigenvalue weighted by Gasteiger charge is 2.23. The lowest BCUT2D eigenvalue weighted by atomic mass is 10.2. The number of methoxy groups -OCH3 is 1. The lowest BCUT2D eigenvalue weighted by Gasteiger charge is -2.14. The van der Waals surface area contributed by atoms with Crippen molar-refractivity contribution in [2.24, 2.45) is 7.05 Å².